The van der Waals surface area contributed by atoms with Crippen LogP contribution in [0.4, 0.5) is 5.69 Å². The van der Waals surface area contributed by atoms with Crippen LogP contribution in [0.2, 0.25) is 0 Å². The van der Waals surface area contributed by atoms with Crippen LogP contribution in [0.3, 0.4) is 0 Å². The Hall–Kier alpha value is -1.02. The van der Waals surface area contributed by atoms with E-state index in [1.807, 2.05) is 0 Å². The molecule has 1 atom stereocenters. The highest BCUT2D eigenvalue weighted by Crippen LogP contribution is 2.47. The average molecular weight is 230 g/mol. The molecule has 92 valence electrons. The monoisotopic (exact) mass is 230 g/mol. The van der Waals surface area contributed by atoms with Crippen molar-refractivity contribution in [1.82, 2.24) is 4.90 Å². The summed E-state index contributed by atoms with van der Waals surface area (Å²) in [7, 11) is 2.21. The van der Waals surface area contributed by atoms with E-state index in [2.05, 4.69) is 37.9 Å². The zero-order chi connectivity index (χ0) is 12.2. The smallest absolute Gasteiger partial charge is 0.0320 e. The first kappa shape index (κ1) is 11.1. The van der Waals surface area contributed by atoms with E-state index in [9.17, 15) is 0 Å². The maximum atomic E-state index is 6.08. The minimum Gasteiger partial charge on any atom is -0.399 e. The number of rotatable bonds is 0. The quantitative estimate of drug-likeness (QED) is 0.694. The van der Waals surface area contributed by atoms with Crippen LogP contribution in [0.25, 0.3) is 0 Å². The van der Waals surface area contributed by atoms with Gasteiger partial charge in [0, 0.05) is 18.8 Å². The second kappa shape index (κ2) is 3.49. The molecule has 0 spiro atoms. The van der Waals surface area contributed by atoms with Gasteiger partial charge in [0.15, 0.2) is 0 Å². The van der Waals surface area contributed by atoms with Gasteiger partial charge in [0.2, 0.25) is 0 Å². The number of hydrogen-bond acceptors (Lipinski definition) is 2. The number of nitrogen functional groups attached to an aromatic ring is 1. The SMILES string of the molecule is CN1Cc2cc(N)cc3c2[C@H](CCC3(C)C)C1. The highest BCUT2D eigenvalue weighted by molar-refractivity contribution is 5.55. The molecular formula is C15H22N2. The topological polar surface area (TPSA) is 29.3 Å². The fraction of sp³-hybridized carbons (Fsp3) is 0.600. The molecule has 0 unspecified atom stereocenters. The first-order valence-electron chi connectivity index (χ1n) is 6.59. The van der Waals surface area contributed by atoms with Crippen molar-refractivity contribution in [2.45, 2.75) is 44.6 Å². The highest BCUT2D eigenvalue weighted by atomic mass is 15.1. The molecule has 1 aliphatic heterocycles. The van der Waals surface area contributed by atoms with Crippen molar-refractivity contribution in [3.8, 4) is 0 Å². The predicted molar refractivity (Wildman–Crippen MR) is 72.2 cm³/mol. The molecule has 0 aromatic heterocycles. The van der Waals surface area contributed by atoms with Gasteiger partial charge in [-0.3, -0.25) is 0 Å². The van der Waals surface area contributed by atoms with Crippen molar-refractivity contribution in [1.29, 1.82) is 0 Å². The van der Waals surface area contributed by atoms with Crippen molar-refractivity contribution in [3.63, 3.8) is 0 Å². The van der Waals surface area contributed by atoms with Crippen LogP contribution in [0.5, 0.6) is 0 Å². The molecule has 0 saturated carbocycles. The first-order chi connectivity index (χ1) is 7.97. The average Bonchev–Trinajstić information content (AvgIpc) is 2.22. The summed E-state index contributed by atoms with van der Waals surface area (Å²) in [5.41, 5.74) is 11.9. The Kier molecular flexibility index (Phi) is 2.27. The first-order valence-corrected chi connectivity index (χ1v) is 6.59. The van der Waals surface area contributed by atoms with Crippen LogP contribution in [-0.2, 0) is 12.0 Å². The molecule has 1 aromatic rings. The fourth-order valence-electron chi connectivity index (χ4n) is 3.64. The normalized spacial score (nSPS) is 26.6. The molecule has 1 aliphatic carbocycles. The summed E-state index contributed by atoms with van der Waals surface area (Å²) in [4.78, 5) is 2.43. The molecule has 2 aliphatic rings. The van der Waals surface area contributed by atoms with Crippen LogP contribution >= 0.6 is 0 Å². The van der Waals surface area contributed by atoms with E-state index in [0.29, 0.717) is 5.41 Å². The maximum absolute atomic E-state index is 6.08. The van der Waals surface area contributed by atoms with E-state index in [1.165, 1.54) is 30.5 Å². The van der Waals surface area contributed by atoms with Crippen molar-refractivity contribution in [2.75, 3.05) is 19.3 Å². The van der Waals surface area contributed by atoms with Gasteiger partial charge in [0.1, 0.15) is 0 Å². The summed E-state index contributed by atoms with van der Waals surface area (Å²) >= 11 is 0. The van der Waals surface area contributed by atoms with Gasteiger partial charge in [-0.25, -0.2) is 0 Å². The Bertz CT molecular complexity index is 462. The van der Waals surface area contributed by atoms with Gasteiger partial charge in [-0.05, 0) is 60.0 Å². The van der Waals surface area contributed by atoms with E-state index < -0.39 is 0 Å². The fourth-order valence-corrected chi connectivity index (χ4v) is 3.64. The van der Waals surface area contributed by atoms with E-state index >= 15 is 0 Å². The number of hydrogen-bond donors (Lipinski definition) is 1. The summed E-state index contributed by atoms with van der Waals surface area (Å²) in [6, 6.07) is 4.40. The van der Waals surface area contributed by atoms with Crippen LogP contribution in [0, 0.1) is 0 Å². The second-order valence-corrected chi connectivity index (χ2v) is 6.46. The highest BCUT2D eigenvalue weighted by Gasteiger charge is 2.36. The Morgan fingerprint density at radius 3 is 2.88 bits per heavy atom. The van der Waals surface area contributed by atoms with Gasteiger partial charge in [0.25, 0.3) is 0 Å². The second-order valence-electron chi connectivity index (χ2n) is 6.46. The lowest BCUT2D eigenvalue weighted by Gasteiger charge is -2.43. The Labute approximate surface area is 104 Å². The van der Waals surface area contributed by atoms with Gasteiger partial charge >= 0.3 is 0 Å². The van der Waals surface area contributed by atoms with E-state index in [4.69, 9.17) is 5.73 Å². The Morgan fingerprint density at radius 2 is 2.12 bits per heavy atom. The van der Waals surface area contributed by atoms with Crippen LogP contribution in [0.1, 0.15) is 49.3 Å². The predicted octanol–water partition coefficient (Wildman–Crippen LogP) is 2.87. The zero-order valence-corrected chi connectivity index (χ0v) is 11.1. The third-order valence-corrected chi connectivity index (χ3v) is 4.52. The Balaban J connectivity index is 2.22. The van der Waals surface area contributed by atoms with Crippen LogP contribution in [-0.4, -0.2) is 18.5 Å². The number of anilines is 1. The molecule has 0 saturated heterocycles. The zero-order valence-electron chi connectivity index (χ0n) is 11.1. The van der Waals surface area contributed by atoms with E-state index in [-0.39, 0.29) is 0 Å². The number of nitrogens with zero attached hydrogens (tertiary/aromatic N) is 1. The lowest BCUT2D eigenvalue weighted by Crippen LogP contribution is -2.37. The van der Waals surface area contributed by atoms with Gasteiger partial charge in [0.05, 0.1) is 0 Å². The third kappa shape index (κ3) is 1.66. The standard InChI is InChI=1S/C15H22N2/c1-15(2)5-4-10-8-17(3)9-11-6-12(16)7-13(15)14(10)11/h6-7,10H,4-5,8-9,16H2,1-3H3/t10-/m1/s1. The van der Waals surface area contributed by atoms with Gasteiger partial charge < -0.3 is 10.6 Å². The lowest BCUT2D eigenvalue weighted by molar-refractivity contribution is 0.249. The van der Waals surface area contributed by atoms with Crippen LogP contribution in [0.15, 0.2) is 12.1 Å². The minimum absolute atomic E-state index is 0.297. The molecule has 17 heavy (non-hydrogen) atoms. The largest absolute Gasteiger partial charge is 0.399 e. The molecular weight excluding hydrogens is 208 g/mol. The molecule has 2 nitrogen and oxygen atoms in total. The molecule has 0 radical (unpaired) electrons. The van der Waals surface area contributed by atoms with Crippen molar-refractivity contribution >= 4 is 5.69 Å². The van der Waals surface area contributed by atoms with Crippen molar-refractivity contribution < 1.29 is 0 Å². The molecule has 2 heteroatoms. The molecule has 1 aromatic carbocycles. The van der Waals surface area contributed by atoms with Crippen molar-refractivity contribution in [3.05, 3.63) is 28.8 Å². The molecule has 0 fully saturated rings. The summed E-state index contributed by atoms with van der Waals surface area (Å²) in [6.07, 6.45) is 2.60. The maximum Gasteiger partial charge on any atom is 0.0320 e. The molecule has 2 N–H and O–H groups in total. The summed E-state index contributed by atoms with van der Waals surface area (Å²) < 4.78 is 0. The molecule has 3 rings (SSSR count). The summed E-state index contributed by atoms with van der Waals surface area (Å²) in [5, 5.41) is 0. The van der Waals surface area contributed by atoms with Crippen LogP contribution < -0.4 is 5.73 Å². The molecule has 0 amide bonds. The number of nitrogens with two attached hydrogens (primary N) is 1. The lowest BCUT2D eigenvalue weighted by atomic mass is 9.66. The van der Waals surface area contributed by atoms with Gasteiger partial charge in [-0.2, -0.15) is 0 Å². The van der Waals surface area contributed by atoms with E-state index in [1.54, 1.807) is 5.56 Å². The van der Waals surface area contributed by atoms with Gasteiger partial charge in [-0.1, -0.05) is 13.8 Å². The summed E-state index contributed by atoms with van der Waals surface area (Å²) in [6.45, 7) is 6.98. The third-order valence-electron chi connectivity index (χ3n) is 4.52. The summed E-state index contributed by atoms with van der Waals surface area (Å²) in [5.74, 6) is 0.729. The minimum atomic E-state index is 0.297. The number of benzene rings is 1. The Morgan fingerprint density at radius 1 is 1.35 bits per heavy atom. The molecule has 0 bridgehead atoms. The number of likely N-dealkylation sites (N-methyl/N-ethyl adjacent to an activating group) is 1. The molecule has 1 heterocycles. The van der Waals surface area contributed by atoms with E-state index in [0.717, 1.165) is 18.2 Å². The van der Waals surface area contributed by atoms with Crippen molar-refractivity contribution in [2.24, 2.45) is 0 Å². The van der Waals surface area contributed by atoms with Gasteiger partial charge in [-0.15, -0.1) is 0 Å².